The van der Waals surface area contributed by atoms with Gasteiger partial charge in [0.05, 0.1) is 27.8 Å². The standard InChI is InChI=1S/C20H24O5/c1-12-7-13(2)14(3)16(8-12)25-19(21)11-15-9-17(22-4)20(24-6)18(10-15)23-5/h7-10H,11H2,1-6H3. The lowest BCUT2D eigenvalue weighted by molar-refractivity contribution is -0.133. The fourth-order valence-corrected chi connectivity index (χ4v) is 2.67. The molecule has 0 aromatic heterocycles. The van der Waals surface area contributed by atoms with E-state index in [1.54, 1.807) is 12.1 Å². The molecule has 0 heterocycles. The van der Waals surface area contributed by atoms with E-state index in [1.165, 1.54) is 21.3 Å². The zero-order valence-corrected chi connectivity index (χ0v) is 15.6. The normalized spacial score (nSPS) is 10.3. The monoisotopic (exact) mass is 344 g/mol. The van der Waals surface area contributed by atoms with E-state index in [0.717, 1.165) is 22.3 Å². The van der Waals surface area contributed by atoms with Gasteiger partial charge in [-0.15, -0.1) is 0 Å². The third-order valence-corrected chi connectivity index (χ3v) is 4.06. The van der Waals surface area contributed by atoms with Crippen molar-refractivity contribution in [1.82, 2.24) is 0 Å². The molecule has 5 nitrogen and oxygen atoms in total. The molecule has 0 N–H and O–H groups in total. The van der Waals surface area contributed by atoms with E-state index in [-0.39, 0.29) is 12.4 Å². The first kappa shape index (κ1) is 18.6. The van der Waals surface area contributed by atoms with Crippen LogP contribution in [-0.2, 0) is 11.2 Å². The first-order chi connectivity index (χ1) is 11.9. The summed E-state index contributed by atoms with van der Waals surface area (Å²) >= 11 is 0. The van der Waals surface area contributed by atoms with E-state index in [1.807, 2.05) is 26.8 Å². The summed E-state index contributed by atoms with van der Waals surface area (Å²) in [6.07, 6.45) is 0.100. The highest BCUT2D eigenvalue weighted by atomic mass is 16.5. The number of esters is 1. The van der Waals surface area contributed by atoms with Gasteiger partial charge in [0.2, 0.25) is 5.75 Å². The van der Waals surface area contributed by atoms with Crippen LogP contribution in [0.3, 0.4) is 0 Å². The van der Waals surface area contributed by atoms with Crippen molar-refractivity contribution >= 4 is 5.97 Å². The SMILES string of the molecule is COc1cc(CC(=O)Oc2cc(C)cc(C)c2C)cc(OC)c1OC. The number of rotatable bonds is 6. The predicted octanol–water partition coefficient (Wildman–Crippen LogP) is 3.79. The van der Waals surface area contributed by atoms with Gasteiger partial charge in [-0.25, -0.2) is 0 Å². The smallest absolute Gasteiger partial charge is 0.315 e. The van der Waals surface area contributed by atoms with Crippen molar-refractivity contribution < 1.29 is 23.7 Å². The van der Waals surface area contributed by atoms with Gasteiger partial charge in [0.25, 0.3) is 0 Å². The van der Waals surface area contributed by atoms with E-state index >= 15 is 0 Å². The molecule has 0 saturated heterocycles. The molecule has 2 aromatic rings. The molecular formula is C20H24O5. The topological polar surface area (TPSA) is 54.0 Å². The van der Waals surface area contributed by atoms with Crippen LogP contribution in [0.2, 0.25) is 0 Å². The summed E-state index contributed by atoms with van der Waals surface area (Å²) in [5.41, 5.74) is 3.83. The maximum absolute atomic E-state index is 12.4. The van der Waals surface area contributed by atoms with Gasteiger partial charge in [0, 0.05) is 0 Å². The summed E-state index contributed by atoms with van der Waals surface area (Å²) in [4.78, 5) is 12.4. The summed E-state index contributed by atoms with van der Waals surface area (Å²) < 4.78 is 21.5. The second-order valence-electron chi connectivity index (χ2n) is 5.89. The average molecular weight is 344 g/mol. The molecule has 134 valence electrons. The van der Waals surface area contributed by atoms with Crippen LogP contribution in [0.4, 0.5) is 0 Å². The van der Waals surface area contributed by atoms with Crippen molar-refractivity contribution in [3.8, 4) is 23.0 Å². The molecule has 0 saturated carbocycles. The van der Waals surface area contributed by atoms with Crippen molar-refractivity contribution in [2.45, 2.75) is 27.2 Å². The molecule has 0 fully saturated rings. The number of carbonyl (C=O) groups excluding carboxylic acids is 1. The summed E-state index contributed by atoms with van der Waals surface area (Å²) in [7, 11) is 4.62. The number of hydrogen-bond donors (Lipinski definition) is 0. The van der Waals surface area contributed by atoms with Gasteiger partial charge in [0.15, 0.2) is 11.5 Å². The zero-order chi connectivity index (χ0) is 18.6. The van der Waals surface area contributed by atoms with Gasteiger partial charge in [-0.05, 0) is 61.2 Å². The van der Waals surface area contributed by atoms with E-state index < -0.39 is 0 Å². The highest BCUT2D eigenvalue weighted by Crippen LogP contribution is 2.38. The molecular weight excluding hydrogens is 320 g/mol. The summed E-state index contributed by atoms with van der Waals surface area (Å²) in [6.45, 7) is 5.92. The average Bonchev–Trinajstić information content (AvgIpc) is 2.58. The lowest BCUT2D eigenvalue weighted by Crippen LogP contribution is -2.13. The third-order valence-electron chi connectivity index (χ3n) is 4.06. The van der Waals surface area contributed by atoms with Crippen molar-refractivity contribution in [1.29, 1.82) is 0 Å². The first-order valence-electron chi connectivity index (χ1n) is 7.97. The lowest BCUT2D eigenvalue weighted by atomic mass is 10.1. The van der Waals surface area contributed by atoms with Crippen molar-refractivity contribution in [2.75, 3.05) is 21.3 Å². The molecule has 0 spiro atoms. The summed E-state index contributed by atoms with van der Waals surface area (Å²) in [5, 5.41) is 0. The van der Waals surface area contributed by atoms with Gasteiger partial charge in [-0.3, -0.25) is 4.79 Å². The maximum Gasteiger partial charge on any atom is 0.315 e. The largest absolute Gasteiger partial charge is 0.493 e. The van der Waals surface area contributed by atoms with Crippen LogP contribution in [0.15, 0.2) is 24.3 Å². The number of methoxy groups -OCH3 is 3. The van der Waals surface area contributed by atoms with Crippen molar-refractivity contribution in [3.05, 3.63) is 46.5 Å². The number of benzene rings is 2. The molecule has 0 radical (unpaired) electrons. The van der Waals surface area contributed by atoms with Crippen molar-refractivity contribution in [3.63, 3.8) is 0 Å². The molecule has 0 bridgehead atoms. The number of hydrogen-bond acceptors (Lipinski definition) is 5. The Morgan fingerprint density at radius 3 is 1.96 bits per heavy atom. The Bertz CT molecular complexity index is 755. The second kappa shape index (κ2) is 7.92. The number of ether oxygens (including phenoxy) is 4. The first-order valence-corrected chi connectivity index (χ1v) is 7.97. The molecule has 0 unspecified atom stereocenters. The van der Waals surface area contributed by atoms with Gasteiger partial charge in [-0.2, -0.15) is 0 Å². The quantitative estimate of drug-likeness (QED) is 0.589. The number of carbonyl (C=O) groups is 1. The predicted molar refractivity (Wildman–Crippen MR) is 96.1 cm³/mol. The molecule has 2 aromatic carbocycles. The minimum Gasteiger partial charge on any atom is -0.493 e. The van der Waals surface area contributed by atoms with Gasteiger partial charge < -0.3 is 18.9 Å². The molecule has 0 aliphatic heterocycles. The Kier molecular flexibility index (Phi) is 5.91. The fraction of sp³-hybridized carbons (Fsp3) is 0.350. The Labute approximate surface area is 148 Å². The van der Waals surface area contributed by atoms with Crippen LogP contribution in [0, 0.1) is 20.8 Å². The Morgan fingerprint density at radius 1 is 0.840 bits per heavy atom. The van der Waals surface area contributed by atoms with Crippen LogP contribution in [0.25, 0.3) is 0 Å². The van der Waals surface area contributed by atoms with E-state index in [2.05, 4.69) is 6.07 Å². The third kappa shape index (κ3) is 4.24. The van der Waals surface area contributed by atoms with Crippen LogP contribution in [0.1, 0.15) is 22.3 Å². The van der Waals surface area contributed by atoms with Crippen LogP contribution < -0.4 is 18.9 Å². The van der Waals surface area contributed by atoms with E-state index in [4.69, 9.17) is 18.9 Å². The fourth-order valence-electron chi connectivity index (χ4n) is 2.67. The Hall–Kier alpha value is -2.69. The molecule has 0 aliphatic carbocycles. The summed E-state index contributed by atoms with van der Waals surface area (Å²) in [6, 6.07) is 7.43. The Balaban J connectivity index is 2.24. The lowest BCUT2D eigenvalue weighted by Gasteiger charge is -2.14. The summed E-state index contributed by atoms with van der Waals surface area (Å²) in [5.74, 6) is 1.75. The van der Waals surface area contributed by atoms with Crippen molar-refractivity contribution in [2.24, 2.45) is 0 Å². The molecule has 25 heavy (non-hydrogen) atoms. The molecule has 2 rings (SSSR count). The molecule has 5 heteroatoms. The van der Waals surface area contributed by atoms with Gasteiger partial charge in [0.1, 0.15) is 5.75 Å². The highest BCUT2D eigenvalue weighted by Gasteiger charge is 2.16. The number of aryl methyl sites for hydroxylation is 2. The molecule has 0 amide bonds. The molecule has 0 atom stereocenters. The van der Waals surface area contributed by atoms with Crippen LogP contribution >= 0.6 is 0 Å². The zero-order valence-electron chi connectivity index (χ0n) is 15.6. The van der Waals surface area contributed by atoms with E-state index in [9.17, 15) is 4.79 Å². The minimum absolute atomic E-state index is 0.100. The maximum atomic E-state index is 12.4. The van der Waals surface area contributed by atoms with Gasteiger partial charge >= 0.3 is 5.97 Å². The van der Waals surface area contributed by atoms with Crippen LogP contribution in [-0.4, -0.2) is 27.3 Å². The minimum atomic E-state index is -0.345. The van der Waals surface area contributed by atoms with Crippen LogP contribution in [0.5, 0.6) is 23.0 Å². The molecule has 0 aliphatic rings. The Morgan fingerprint density at radius 2 is 1.44 bits per heavy atom. The van der Waals surface area contributed by atoms with E-state index in [0.29, 0.717) is 23.0 Å². The van der Waals surface area contributed by atoms with Gasteiger partial charge in [-0.1, -0.05) is 6.07 Å². The highest BCUT2D eigenvalue weighted by molar-refractivity contribution is 5.76. The second-order valence-corrected chi connectivity index (χ2v) is 5.89.